The van der Waals surface area contributed by atoms with Gasteiger partial charge in [0.1, 0.15) is 0 Å². The zero-order valence-corrected chi connectivity index (χ0v) is 17.0. The summed E-state index contributed by atoms with van der Waals surface area (Å²) < 4.78 is 0. The molecule has 7 nitrogen and oxygen atoms in total. The first-order valence-electron chi connectivity index (χ1n) is 6.49. The van der Waals surface area contributed by atoms with Crippen molar-refractivity contribution in [3.8, 4) is 0 Å². The van der Waals surface area contributed by atoms with Crippen LogP contribution in [0.4, 0.5) is 16.2 Å². The molecule has 0 saturated heterocycles. The maximum absolute atomic E-state index is 11.0. The molecule has 2 rings (SSSR count). The van der Waals surface area contributed by atoms with Crippen LogP contribution in [0.15, 0.2) is 36.4 Å². The van der Waals surface area contributed by atoms with E-state index in [4.69, 9.17) is 28.4 Å². The number of hydroxylamine groups is 1. The van der Waals surface area contributed by atoms with Crippen LogP contribution in [0.5, 0.6) is 0 Å². The molecule has 0 fully saturated rings. The molecule has 0 bridgehead atoms. The Labute approximate surface area is 176 Å². The zero-order valence-electron chi connectivity index (χ0n) is 13.5. The number of carbonyl (C=O) groups is 2. The fourth-order valence-corrected chi connectivity index (χ4v) is 2.14. The van der Waals surface area contributed by atoms with Crippen molar-refractivity contribution in [2.45, 2.75) is 6.92 Å². The molecule has 0 saturated carbocycles. The number of nitrogens with two attached hydrogens (primary N) is 1. The summed E-state index contributed by atoms with van der Waals surface area (Å²) in [5.41, 5.74) is 7.23. The van der Waals surface area contributed by atoms with Crippen molar-refractivity contribution in [1.82, 2.24) is 5.48 Å². The van der Waals surface area contributed by atoms with Gasteiger partial charge in [0, 0.05) is 11.3 Å². The molecular formula is C15H14Cl2N3NaO4. The Morgan fingerprint density at radius 2 is 1.72 bits per heavy atom. The van der Waals surface area contributed by atoms with Crippen molar-refractivity contribution < 1.29 is 49.5 Å². The summed E-state index contributed by atoms with van der Waals surface area (Å²) >= 11 is 12.2. The second kappa shape index (κ2) is 11.2. The number of hydrogen-bond acceptors (Lipinski definition) is 5. The minimum atomic E-state index is -1.26. The van der Waals surface area contributed by atoms with E-state index in [1.54, 1.807) is 30.3 Å². The molecule has 2 aromatic rings. The van der Waals surface area contributed by atoms with E-state index < -0.39 is 12.0 Å². The van der Waals surface area contributed by atoms with Crippen molar-refractivity contribution in [2.24, 2.45) is 5.73 Å². The van der Waals surface area contributed by atoms with Crippen molar-refractivity contribution in [1.29, 1.82) is 0 Å². The number of aromatic carboxylic acids is 1. The van der Waals surface area contributed by atoms with E-state index >= 15 is 0 Å². The van der Waals surface area contributed by atoms with E-state index in [1.165, 1.54) is 11.5 Å². The van der Waals surface area contributed by atoms with Crippen LogP contribution in [-0.2, 0) is 0 Å². The number of carboxylic acids is 1. The third kappa shape index (κ3) is 7.11. The smallest absolute Gasteiger partial charge is 0.545 e. The quantitative estimate of drug-likeness (QED) is 0.316. The number of carbonyl (C=O) groups excluding carboxylic acids is 2. The Morgan fingerprint density at radius 1 is 1.16 bits per heavy atom. The van der Waals surface area contributed by atoms with E-state index in [-0.39, 0.29) is 35.1 Å². The molecule has 0 aliphatic heterocycles. The monoisotopic (exact) mass is 393 g/mol. The number of para-hydroxylation sites is 1. The van der Waals surface area contributed by atoms with Crippen LogP contribution in [0.1, 0.15) is 15.9 Å². The number of aryl methyl sites for hydroxylation is 1. The van der Waals surface area contributed by atoms with Crippen LogP contribution in [0.3, 0.4) is 0 Å². The normalized spacial score (nSPS) is 9.12. The topological polar surface area (TPSA) is 128 Å². The van der Waals surface area contributed by atoms with E-state index in [0.29, 0.717) is 21.4 Å². The van der Waals surface area contributed by atoms with Crippen LogP contribution in [0, 0.1) is 6.92 Å². The molecule has 0 atom stereocenters. The van der Waals surface area contributed by atoms with E-state index in [9.17, 15) is 14.7 Å². The molecule has 2 amide bonds. The second-order valence-electron chi connectivity index (χ2n) is 4.49. The molecule has 0 aliphatic rings. The minimum Gasteiger partial charge on any atom is -0.545 e. The predicted octanol–water partition coefficient (Wildman–Crippen LogP) is -0.543. The van der Waals surface area contributed by atoms with E-state index in [0.717, 1.165) is 5.56 Å². The Kier molecular flexibility index (Phi) is 10.5. The third-order valence-electron chi connectivity index (χ3n) is 2.80. The molecule has 25 heavy (non-hydrogen) atoms. The average Bonchev–Trinajstić information content (AvgIpc) is 2.56. The summed E-state index contributed by atoms with van der Waals surface area (Å²) in [5, 5.41) is 22.3. The van der Waals surface area contributed by atoms with Gasteiger partial charge in [0.05, 0.1) is 21.7 Å². The SMILES string of the molecule is Cc1ccc(Cl)c(Nc2ccccc2C(=O)[O-])c1Cl.NC(=O)NO.[Na+]. The first-order valence-corrected chi connectivity index (χ1v) is 7.25. The van der Waals surface area contributed by atoms with Gasteiger partial charge in [-0.2, -0.15) is 0 Å². The van der Waals surface area contributed by atoms with Gasteiger partial charge < -0.3 is 21.0 Å². The van der Waals surface area contributed by atoms with Crippen LogP contribution >= 0.6 is 23.2 Å². The number of carboxylic acid groups (broad SMARTS) is 1. The number of nitrogens with one attached hydrogen (secondary N) is 2. The first kappa shape index (κ1) is 23.5. The molecule has 0 radical (unpaired) electrons. The summed E-state index contributed by atoms with van der Waals surface area (Å²) in [7, 11) is 0. The van der Waals surface area contributed by atoms with Gasteiger partial charge in [0.15, 0.2) is 0 Å². The summed E-state index contributed by atoms with van der Waals surface area (Å²) in [6.07, 6.45) is 0. The minimum absolute atomic E-state index is 0. The van der Waals surface area contributed by atoms with E-state index in [2.05, 4.69) is 11.1 Å². The number of urea groups is 1. The number of benzene rings is 2. The summed E-state index contributed by atoms with van der Waals surface area (Å²) in [4.78, 5) is 20.3. The van der Waals surface area contributed by atoms with Gasteiger partial charge in [-0.1, -0.05) is 47.5 Å². The number of hydrogen-bond donors (Lipinski definition) is 4. The number of primary amides is 1. The molecule has 5 N–H and O–H groups in total. The first-order chi connectivity index (χ1) is 11.3. The fourth-order valence-electron chi connectivity index (χ4n) is 1.68. The molecule has 0 unspecified atom stereocenters. The third-order valence-corrected chi connectivity index (χ3v) is 3.60. The summed E-state index contributed by atoms with van der Waals surface area (Å²) in [6, 6.07) is 8.97. The van der Waals surface area contributed by atoms with Gasteiger partial charge >= 0.3 is 35.6 Å². The van der Waals surface area contributed by atoms with Gasteiger partial charge in [-0.15, -0.1) is 0 Å². The van der Waals surface area contributed by atoms with Crippen molar-refractivity contribution in [3.63, 3.8) is 0 Å². The Hall–Kier alpha value is -1.48. The molecule has 0 aromatic heterocycles. The number of anilines is 2. The maximum atomic E-state index is 11.0. The van der Waals surface area contributed by atoms with Crippen LogP contribution < -0.4 is 51.2 Å². The molecule has 0 spiro atoms. The Bertz CT molecular complexity index is 760. The molecular weight excluding hydrogens is 380 g/mol. The van der Waals surface area contributed by atoms with Crippen LogP contribution in [0.25, 0.3) is 0 Å². The van der Waals surface area contributed by atoms with Gasteiger partial charge in [-0.3, -0.25) is 5.21 Å². The van der Waals surface area contributed by atoms with Crippen LogP contribution in [-0.4, -0.2) is 17.2 Å². The zero-order chi connectivity index (χ0) is 18.3. The largest absolute Gasteiger partial charge is 1.00 e. The predicted molar refractivity (Wildman–Crippen MR) is 89.8 cm³/mol. The van der Waals surface area contributed by atoms with Crippen molar-refractivity contribution >= 4 is 46.6 Å². The van der Waals surface area contributed by atoms with Crippen molar-refractivity contribution in [2.75, 3.05) is 5.32 Å². The van der Waals surface area contributed by atoms with Gasteiger partial charge in [-0.25, -0.2) is 10.3 Å². The van der Waals surface area contributed by atoms with Crippen molar-refractivity contribution in [3.05, 3.63) is 57.6 Å². The van der Waals surface area contributed by atoms with Gasteiger partial charge in [-0.05, 0) is 24.6 Å². The number of amides is 2. The van der Waals surface area contributed by atoms with Gasteiger partial charge in [0.2, 0.25) is 0 Å². The van der Waals surface area contributed by atoms with Gasteiger partial charge in [0.25, 0.3) is 0 Å². The van der Waals surface area contributed by atoms with E-state index in [1.807, 2.05) is 6.92 Å². The second-order valence-corrected chi connectivity index (χ2v) is 5.27. The Balaban J connectivity index is 0.000000848. The van der Waals surface area contributed by atoms with Crippen LogP contribution in [0.2, 0.25) is 10.0 Å². The Morgan fingerprint density at radius 3 is 2.24 bits per heavy atom. The summed E-state index contributed by atoms with van der Waals surface area (Å²) in [6.45, 7) is 1.84. The average molecular weight is 394 g/mol. The molecule has 10 heteroatoms. The molecule has 2 aromatic carbocycles. The summed E-state index contributed by atoms with van der Waals surface area (Å²) in [5.74, 6) is -1.26. The number of rotatable bonds is 3. The molecule has 0 aliphatic carbocycles. The number of halogens is 2. The maximum Gasteiger partial charge on any atom is 1.00 e. The molecule has 0 heterocycles. The standard InChI is InChI=1S/C14H11Cl2NO2.CH4N2O2.Na/c1-8-6-7-10(15)13(12(8)16)17-11-5-3-2-4-9(11)14(18)19;2-1(4)3-5;/h2-7,17H,1H3,(H,18,19);5H,(H3,2,3,4);/q;;+1/p-1. The fraction of sp³-hybridized carbons (Fsp3) is 0.0667. The molecule has 128 valence electrons.